The van der Waals surface area contributed by atoms with Crippen LogP contribution in [0.4, 0.5) is 0 Å². The summed E-state index contributed by atoms with van der Waals surface area (Å²) >= 11 is 0. The summed E-state index contributed by atoms with van der Waals surface area (Å²) in [5.41, 5.74) is 2.84. The predicted molar refractivity (Wildman–Crippen MR) is 148 cm³/mol. The van der Waals surface area contributed by atoms with Crippen LogP contribution in [-0.4, -0.2) is 47.2 Å². The topological polar surface area (TPSA) is 87.1 Å². The van der Waals surface area contributed by atoms with Crippen LogP contribution in [0, 0.1) is 5.41 Å². The quantitative estimate of drug-likeness (QED) is 0.342. The van der Waals surface area contributed by atoms with Gasteiger partial charge < -0.3 is 19.8 Å². The predicted octanol–water partition coefficient (Wildman–Crippen LogP) is 6.08. The summed E-state index contributed by atoms with van der Waals surface area (Å²) in [5.74, 6) is 0.0570. The summed E-state index contributed by atoms with van der Waals surface area (Å²) in [6.45, 7) is 3.40. The van der Waals surface area contributed by atoms with Crippen molar-refractivity contribution in [3.63, 3.8) is 0 Å². The Bertz CT molecular complexity index is 1260. The molecule has 6 nitrogen and oxygen atoms in total. The first kappa shape index (κ1) is 27.2. The largest absolute Gasteiger partial charge is 0.508 e. The minimum Gasteiger partial charge on any atom is -0.508 e. The van der Waals surface area contributed by atoms with Crippen molar-refractivity contribution in [1.29, 1.82) is 0 Å². The standard InChI is InChI=1S/C32H37NO5/c1-3-32(19-23-9-5-4-6-10-23,20-26-14-15-28(38-2)18-29(26)34)21-30(35)33-16-8-13-27(22-33)24-11-7-12-25(17-24)31(36)37/h4-7,9-12,14-15,17-18,27,34H,3,8,13,16,19-22H2,1-2H3,(H,36,37). The number of hydrogen-bond acceptors (Lipinski definition) is 4. The van der Waals surface area contributed by atoms with Gasteiger partial charge in [-0.2, -0.15) is 0 Å². The number of rotatable bonds is 10. The van der Waals surface area contributed by atoms with E-state index in [1.165, 1.54) is 0 Å². The SMILES string of the molecule is CCC(CC(=O)N1CCCC(c2cccc(C(=O)O)c2)C1)(Cc1ccccc1)Cc1ccc(OC)cc1O. The number of phenols is 1. The average Bonchev–Trinajstić information content (AvgIpc) is 2.94. The van der Waals surface area contributed by atoms with Gasteiger partial charge in [0.2, 0.25) is 5.91 Å². The zero-order valence-corrected chi connectivity index (χ0v) is 22.2. The fourth-order valence-corrected chi connectivity index (χ4v) is 5.65. The smallest absolute Gasteiger partial charge is 0.335 e. The number of hydrogen-bond donors (Lipinski definition) is 2. The molecular weight excluding hydrogens is 478 g/mol. The molecule has 6 heteroatoms. The molecule has 0 aliphatic carbocycles. The van der Waals surface area contributed by atoms with Crippen LogP contribution in [0.5, 0.6) is 11.5 Å². The van der Waals surface area contributed by atoms with Crippen LogP contribution in [0.25, 0.3) is 0 Å². The van der Waals surface area contributed by atoms with Crippen LogP contribution in [0.3, 0.4) is 0 Å². The molecule has 1 fully saturated rings. The molecule has 3 aromatic rings. The van der Waals surface area contributed by atoms with E-state index in [-0.39, 0.29) is 28.6 Å². The maximum atomic E-state index is 13.8. The molecule has 200 valence electrons. The van der Waals surface area contributed by atoms with Crippen molar-refractivity contribution in [2.45, 2.75) is 51.4 Å². The van der Waals surface area contributed by atoms with Crippen LogP contribution in [-0.2, 0) is 17.6 Å². The normalized spacial score (nSPS) is 17.0. The van der Waals surface area contributed by atoms with Crippen molar-refractivity contribution < 1.29 is 24.5 Å². The number of benzene rings is 3. The third-order valence-electron chi connectivity index (χ3n) is 7.94. The number of ether oxygens (including phenoxy) is 1. The highest BCUT2D eigenvalue weighted by molar-refractivity contribution is 5.87. The number of nitrogens with zero attached hydrogens (tertiary/aromatic N) is 1. The van der Waals surface area contributed by atoms with Crippen LogP contribution in [0.15, 0.2) is 72.8 Å². The van der Waals surface area contributed by atoms with Gasteiger partial charge in [-0.1, -0.05) is 55.5 Å². The molecule has 2 atom stereocenters. The van der Waals surface area contributed by atoms with Gasteiger partial charge >= 0.3 is 5.97 Å². The van der Waals surface area contributed by atoms with Crippen molar-refractivity contribution in [2.75, 3.05) is 20.2 Å². The zero-order valence-electron chi connectivity index (χ0n) is 22.2. The summed E-state index contributed by atoms with van der Waals surface area (Å²) in [5, 5.41) is 20.1. The molecule has 1 aliphatic heterocycles. The number of phenolic OH excluding ortho intramolecular Hbond substituents is 1. The molecular formula is C32H37NO5. The number of carboxylic acid groups (broad SMARTS) is 1. The van der Waals surface area contributed by atoms with Crippen LogP contribution >= 0.6 is 0 Å². The van der Waals surface area contributed by atoms with Gasteiger partial charge in [-0.15, -0.1) is 0 Å². The second-order valence-corrected chi connectivity index (χ2v) is 10.5. The van der Waals surface area contributed by atoms with E-state index in [0.29, 0.717) is 31.7 Å². The summed E-state index contributed by atoms with van der Waals surface area (Å²) in [6.07, 6.45) is 4.24. The molecule has 38 heavy (non-hydrogen) atoms. The van der Waals surface area contributed by atoms with Crippen molar-refractivity contribution in [3.8, 4) is 11.5 Å². The Morgan fingerprint density at radius 3 is 2.50 bits per heavy atom. The number of likely N-dealkylation sites (tertiary alicyclic amines) is 1. The molecule has 1 amide bonds. The number of carboxylic acids is 1. The van der Waals surface area contributed by atoms with E-state index >= 15 is 0 Å². The van der Waals surface area contributed by atoms with E-state index in [2.05, 4.69) is 19.1 Å². The lowest BCUT2D eigenvalue weighted by Gasteiger charge is -2.38. The first-order chi connectivity index (χ1) is 18.3. The fourth-order valence-electron chi connectivity index (χ4n) is 5.65. The van der Waals surface area contributed by atoms with E-state index in [9.17, 15) is 19.8 Å². The molecule has 2 unspecified atom stereocenters. The third-order valence-corrected chi connectivity index (χ3v) is 7.94. The summed E-state index contributed by atoms with van der Waals surface area (Å²) in [6, 6.07) is 22.7. The molecule has 2 N–H and O–H groups in total. The highest BCUT2D eigenvalue weighted by Crippen LogP contribution is 2.39. The van der Waals surface area contributed by atoms with Crippen molar-refractivity contribution >= 4 is 11.9 Å². The van der Waals surface area contributed by atoms with Gasteiger partial charge in [-0.3, -0.25) is 4.79 Å². The number of aromatic hydroxyl groups is 1. The van der Waals surface area contributed by atoms with Gasteiger partial charge in [0.15, 0.2) is 0 Å². The first-order valence-corrected chi connectivity index (χ1v) is 13.3. The highest BCUT2D eigenvalue weighted by Gasteiger charge is 2.35. The van der Waals surface area contributed by atoms with Gasteiger partial charge in [-0.25, -0.2) is 4.79 Å². The lowest BCUT2D eigenvalue weighted by atomic mass is 9.71. The van der Waals surface area contributed by atoms with E-state index in [1.54, 1.807) is 31.4 Å². The van der Waals surface area contributed by atoms with E-state index in [4.69, 9.17) is 4.74 Å². The number of methoxy groups -OCH3 is 1. The second-order valence-electron chi connectivity index (χ2n) is 10.5. The molecule has 0 saturated carbocycles. The molecule has 0 bridgehead atoms. The van der Waals surface area contributed by atoms with Gasteiger partial charge in [-0.05, 0) is 72.4 Å². The molecule has 0 aromatic heterocycles. The molecule has 4 rings (SSSR count). The minimum atomic E-state index is -0.939. The fraction of sp³-hybridized carbons (Fsp3) is 0.375. The monoisotopic (exact) mass is 515 g/mol. The number of carbonyl (C=O) groups excluding carboxylic acids is 1. The summed E-state index contributed by atoms with van der Waals surface area (Å²) in [4.78, 5) is 27.3. The van der Waals surface area contributed by atoms with E-state index in [0.717, 1.165) is 42.4 Å². The van der Waals surface area contributed by atoms with Crippen molar-refractivity contribution in [3.05, 3.63) is 95.1 Å². The van der Waals surface area contributed by atoms with Crippen LogP contribution < -0.4 is 4.74 Å². The van der Waals surface area contributed by atoms with Crippen molar-refractivity contribution in [1.82, 2.24) is 4.90 Å². The molecule has 1 saturated heterocycles. The van der Waals surface area contributed by atoms with Crippen LogP contribution in [0.1, 0.15) is 65.6 Å². The molecule has 0 spiro atoms. The lowest BCUT2D eigenvalue weighted by molar-refractivity contribution is -0.135. The third kappa shape index (κ3) is 6.55. The lowest BCUT2D eigenvalue weighted by Crippen LogP contribution is -2.42. The first-order valence-electron chi connectivity index (χ1n) is 13.3. The average molecular weight is 516 g/mol. The number of carbonyl (C=O) groups is 2. The second kappa shape index (κ2) is 12.2. The Morgan fingerprint density at radius 2 is 1.82 bits per heavy atom. The number of aromatic carboxylic acids is 1. The Morgan fingerprint density at radius 1 is 1.03 bits per heavy atom. The Labute approximate surface area is 224 Å². The Hall–Kier alpha value is -3.80. The van der Waals surface area contributed by atoms with E-state index in [1.807, 2.05) is 41.3 Å². The summed E-state index contributed by atoms with van der Waals surface area (Å²) in [7, 11) is 1.57. The highest BCUT2D eigenvalue weighted by atomic mass is 16.5. The van der Waals surface area contributed by atoms with Gasteiger partial charge in [0.05, 0.1) is 12.7 Å². The van der Waals surface area contributed by atoms with Gasteiger partial charge in [0.1, 0.15) is 11.5 Å². The number of piperidine rings is 1. The molecule has 0 radical (unpaired) electrons. The molecule has 1 heterocycles. The van der Waals surface area contributed by atoms with Crippen molar-refractivity contribution in [2.24, 2.45) is 5.41 Å². The maximum Gasteiger partial charge on any atom is 0.335 e. The number of amides is 1. The minimum absolute atomic E-state index is 0.106. The van der Waals surface area contributed by atoms with E-state index < -0.39 is 5.97 Å². The summed E-state index contributed by atoms with van der Waals surface area (Å²) < 4.78 is 5.26. The Balaban J connectivity index is 1.57. The van der Waals surface area contributed by atoms with Crippen LogP contribution in [0.2, 0.25) is 0 Å². The maximum absolute atomic E-state index is 13.8. The van der Waals surface area contributed by atoms with Gasteiger partial charge in [0, 0.05) is 31.5 Å². The van der Waals surface area contributed by atoms with Gasteiger partial charge in [0.25, 0.3) is 0 Å². The Kier molecular flexibility index (Phi) is 8.72. The zero-order chi connectivity index (χ0) is 27.1. The molecule has 3 aromatic carbocycles. The molecule has 1 aliphatic rings.